The van der Waals surface area contributed by atoms with E-state index in [2.05, 4.69) is 10.3 Å². The number of aryl methyl sites for hydroxylation is 2. The van der Waals surface area contributed by atoms with Gasteiger partial charge in [-0.15, -0.1) is 11.3 Å². The van der Waals surface area contributed by atoms with Crippen molar-refractivity contribution in [2.45, 2.75) is 20.8 Å². The van der Waals surface area contributed by atoms with Crippen molar-refractivity contribution < 1.29 is 9.72 Å². The number of carbonyl (C=O) groups is 1. The molecule has 7 nitrogen and oxygen atoms in total. The van der Waals surface area contributed by atoms with Crippen LogP contribution in [-0.2, 0) is 7.05 Å². The van der Waals surface area contributed by atoms with Crippen LogP contribution >= 0.6 is 11.3 Å². The van der Waals surface area contributed by atoms with E-state index in [-0.39, 0.29) is 17.3 Å². The van der Waals surface area contributed by atoms with Gasteiger partial charge in [0.15, 0.2) is 0 Å². The first-order valence-corrected chi connectivity index (χ1v) is 8.81. The number of amides is 1. The maximum atomic E-state index is 12.6. The number of nitro groups is 1. The fourth-order valence-electron chi connectivity index (χ4n) is 2.73. The third-order valence-corrected chi connectivity index (χ3v) is 5.27. The molecule has 0 radical (unpaired) electrons. The molecule has 1 N–H and O–H groups in total. The summed E-state index contributed by atoms with van der Waals surface area (Å²) in [5.74, 6) is -0.384. The lowest BCUT2D eigenvalue weighted by Crippen LogP contribution is -2.14. The van der Waals surface area contributed by atoms with Crippen molar-refractivity contribution in [3.05, 3.63) is 62.3 Å². The Bertz CT molecular complexity index is 1020. The van der Waals surface area contributed by atoms with E-state index in [4.69, 9.17) is 0 Å². The Morgan fingerprint density at radius 2 is 1.96 bits per heavy atom. The summed E-state index contributed by atoms with van der Waals surface area (Å²) in [7, 11) is 1.95. The molecule has 0 atom stereocenters. The van der Waals surface area contributed by atoms with Gasteiger partial charge in [-0.05, 0) is 38.5 Å². The molecule has 0 aliphatic rings. The lowest BCUT2D eigenvalue weighted by Gasteiger charge is -2.10. The minimum atomic E-state index is -0.455. The standard InChI is InChI=1S/C18H18N4O3S/c1-10-5-7-14(22(24)25)12(3)16(10)20-17(23)13-9-26-18(19-13)15-8-6-11(2)21(15)4/h5-9H,1-4H3,(H,20,23). The first kappa shape index (κ1) is 17.8. The third-order valence-electron chi connectivity index (χ3n) is 4.41. The van der Waals surface area contributed by atoms with E-state index in [9.17, 15) is 14.9 Å². The molecular weight excluding hydrogens is 352 g/mol. The van der Waals surface area contributed by atoms with Gasteiger partial charge in [0.05, 0.1) is 21.9 Å². The van der Waals surface area contributed by atoms with Crippen molar-refractivity contribution in [1.29, 1.82) is 0 Å². The van der Waals surface area contributed by atoms with E-state index in [0.717, 1.165) is 22.0 Å². The molecule has 3 aromatic rings. The zero-order valence-electron chi connectivity index (χ0n) is 14.9. The van der Waals surface area contributed by atoms with Gasteiger partial charge in [0.1, 0.15) is 10.7 Å². The van der Waals surface area contributed by atoms with E-state index >= 15 is 0 Å². The van der Waals surface area contributed by atoms with Crippen LogP contribution in [0.4, 0.5) is 11.4 Å². The van der Waals surface area contributed by atoms with Crippen molar-refractivity contribution in [3.63, 3.8) is 0 Å². The molecule has 8 heteroatoms. The van der Waals surface area contributed by atoms with E-state index in [1.807, 2.05) is 30.7 Å². The lowest BCUT2D eigenvalue weighted by atomic mass is 10.1. The van der Waals surface area contributed by atoms with Gasteiger partial charge in [-0.3, -0.25) is 14.9 Å². The highest BCUT2D eigenvalue weighted by molar-refractivity contribution is 7.13. The molecule has 2 aromatic heterocycles. The summed E-state index contributed by atoms with van der Waals surface area (Å²) in [6.45, 7) is 5.42. The number of aromatic nitrogens is 2. The Morgan fingerprint density at radius 1 is 1.23 bits per heavy atom. The van der Waals surface area contributed by atoms with Gasteiger partial charge in [-0.2, -0.15) is 0 Å². The topological polar surface area (TPSA) is 90.1 Å². The van der Waals surface area contributed by atoms with Gasteiger partial charge in [0, 0.05) is 24.2 Å². The van der Waals surface area contributed by atoms with Gasteiger partial charge in [-0.1, -0.05) is 6.07 Å². The van der Waals surface area contributed by atoms with Crippen LogP contribution in [0, 0.1) is 30.9 Å². The van der Waals surface area contributed by atoms with Crippen molar-refractivity contribution in [2.24, 2.45) is 7.05 Å². The third kappa shape index (κ3) is 3.11. The molecule has 0 bridgehead atoms. The summed E-state index contributed by atoms with van der Waals surface area (Å²) in [5, 5.41) is 16.3. The van der Waals surface area contributed by atoms with Crippen LogP contribution in [0.3, 0.4) is 0 Å². The van der Waals surface area contributed by atoms with Gasteiger partial charge >= 0.3 is 0 Å². The number of hydrogen-bond donors (Lipinski definition) is 1. The number of hydrogen-bond acceptors (Lipinski definition) is 5. The van der Waals surface area contributed by atoms with Crippen LogP contribution in [0.2, 0.25) is 0 Å². The Hall–Kier alpha value is -3.00. The quantitative estimate of drug-likeness (QED) is 0.549. The summed E-state index contributed by atoms with van der Waals surface area (Å²) >= 11 is 1.38. The van der Waals surface area contributed by atoms with Crippen LogP contribution in [0.5, 0.6) is 0 Å². The first-order chi connectivity index (χ1) is 12.3. The Kier molecular flexibility index (Phi) is 4.60. The van der Waals surface area contributed by atoms with Crippen molar-refractivity contribution >= 4 is 28.6 Å². The Morgan fingerprint density at radius 3 is 2.58 bits per heavy atom. The van der Waals surface area contributed by atoms with Gasteiger partial charge in [0.25, 0.3) is 11.6 Å². The average Bonchev–Trinajstić information content (AvgIpc) is 3.19. The number of nitrogens with one attached hydrogen (secondary N) is 1. The second kappa shape index (κ2) is 6.72. The molecule has 0 saturated heterocycles. The molecule has 134 valence electrons. The molecule has 3 rings (SSSR count). The molecule has 26 heavy (non-hydrogen) atoms. The van der Waals surface area contributed by atoms with Crippen molar-refractivity contribution in [1.82, 2.24) is 9.55 Å². The summed E-state index contributed by atoms with van der Waals surface area (Å²) in [4.78, 5) is 27.7. The van der Waals surface area contributed by atoms with Gasteiger partial charge < -0.3 is 9.88 Å². The molecule has 1 aromatic carbocycles. The number of thiazole rings is 1. The van der Waals surface area contributed by atoms with Crippen LogP contribution in [0.15, 0.2) is 29.6 Å². The molecular formula is C18H18N4O3S. The average molecular weight is 370 g/mol. The van der Waals surface area contributed by atoms with Crippen LogP contribution < -0.4 is 5.32 Å². The fourth-order valence-corrected chi connectivity index (χ4v) is 3.59. The zero-order chi connectivity index (χ0) is 19.0. The smallest absolute Gasteiger partial charge is 0.275 e. The molecule has 0 spiro atoms. The Balaban J connectivity index is 1.89. The molecule has 0 unspecified atom stereocenters. The van der Waals surface area contributed by atoms with E-state index < -0.39 is 4.92 Å². The molecule has 0 aliphatic carbocycles. The predicted molar refractivity (Wildman–Crippen MR) is 102 cm³/mol. The van der Waals surface area contributed by atoms with Gasteiger partial charge in [0.2, 0.25) is 0 Å². The number of carbonyl (C=O) groups excluding carboxylic acids is 1. The van der Waals surface area contributed by atoms with Crippen LogP contribution in [0.25, 0.3) is 10.7 Å². The SMILES string of the molecule is Cc1ccc([N+](=O)[O-])c(C)c1NC(=O)c1csc(-c2ccc(C)n2C)n1. The number of anilines is 1. The maximum absolute atomic E-state index is 12.6. The number of rotatable bonds is 4. The fraction of sp³-hybridized carbons (Fsp3) is 0.222. The summed E-state index contributed by atoms with van der Waals surface area (Å²) < 4.78 is 2.01. The van der Waals surface area contributed by atoms with Crippen LogP contribution in [0.1, 0.15) is 27.3 Å². The second-order valence-electron chi connectivity index (χ2n) is 6.07. The monoisotopic (exact) mass is 370 g/mol. The lowest BCUT2D eigenvalue weighted by molar-refractivity contribution is -0.385. The minimum absolute atomic E-state index is 0.0239. The van der Waals surface area contributed by atoms with E-state index in [1.54, 1.807) is 25.3 Å². The van der Waals surface area contributed by atoms with Crippen molar-refractivity contribution in [2.75, 3.05) is 5.32 Å². The second-order valence-corrected chi connectivity index (χ2v) is 6.93. The molecule has 0 saturated carbocycles. The predicted octanol–water partition coefficient (Wildman–Crippen LogP) is 4.23. The van der Waals surface area contributed by atoms with Crippen LogP contribution in [-0.4, -0.2) is 20.4 Å². The highest BCUT2D eigenvalue weighted by atomic mass is 32.1. The van der Waals surface area contributed by atoms with E-state index in [0.29, 0.717) is 11.3 Å². The Labute approximate surface area is 154 Å². The minimum Gasteiger partial charge on any atom is -0.346 e. The molecule has 0 aliphatic heterocycles. The normalized spacial score (nSPS) is 10.8. The first-order valence-electron chi connectivity index (χ1n) is 7.93. The highest BCUT2D eigenvalue weighted by Crippen LogP contribution is 2.30. The number of nitro benzene ring substituents is 1. The summed E-state index contributed by atoms with van der Waals surface area (Å²) in [6.07, 6.45) is 0. The molecule has 2 heterocycles. The zero-order valence-corrected chi connectivity index (χ0v) is 15.7. The molecule has 0 fully saturated rings. The number of benzene rings is 1. The van der Waals surface area contributed by atoms with Gasteiger partial charge in [-0.25, -0.2) is 4.98 Å². The van der Waals surface area contributed by atoms with E-state index in [1.165, 1.54) is 17.4 Å². The maximum Gasteiger partial charge on any atom is 0.275 e. The van der Waals surface area contributed by atoms with Crippen molar-refractivity contribution in [3.8, 4) is 10.7 Å². The largest absolute Gasteiger partial charge is 0.346 e. The summed E-state index contributed by atoms with van der Waals surface area (Å²) in [5.41, 5.74) is 3.94. The molecule has 1 amide bonds. The number of nitrogens with zero attached hydrogens (tertiary/aromatic N) is 3. The summed E-state index contributed by atoms with van der Waals surface area (Å²) in [6, 6.07) is 7.02. The highest BCUT2D eigenvalue weighted by Gasteiger charge is 2.20.